The maximum absolute atomic E-state index is 14.0. The molecule has 1 aliphatic heterocycles. The molecule has 150 valence electrons. The third kappa shape index (κ3) is 4.78. The Labute approximate surface area is 164 Å². The summed E-state index contributed by atoms with van der Waals surface area (Å²) in [4.78, 5) is 8.70. The summed E-state index contributed by atoms with van der Waals surface area (Å²) in [5, 5.41) is 12.8. The van der Waals surface area contributed by atoms with Crippen LogP contribution in [0.3, 0.4) is 0 Å². The molecular formula is C21H26F2N4O. The van der Waals surface area contributed by atoms with Gasteiger partial charge in [0.25, 0.3) is 0 Å². The van der Waals surface area contributed by atoms with E-state index in [4.69, 9.17) is 4.99 Å². The highest BCUT2D eigenvalue weighted by atomic mass is 19.1. The lowest BCUT2D eigenvalue weighted by Crippen LogP contribution is -2.52. The second-order valence-corrected chi connectivity index (χ2v) is 6.67. The summed E-state index contributed by atoms with van der Waals surface area (Å²) in [7, 11) is 0. The first-order valence-corrected chi connectivity index (χ1v) is 9.53. The van der Waals surface area contributed by atoms with Crippen molar-refractivity contribution in [2.45, 2.75) is 20.1 Å². The Morgan fingerprint density at radius 2 is 1.79 bits per heavy atom. The van der Waals surface area contributed by atoms with Crippen molar-refractivity contribution in [3.8, 4) is 0 Å². The molecule has 1 heterocycles. The van der Waals surface area contributed by atoms with Crippen molar-refractivity contribution in [1.82, 2.24) is 10.2 Å². The Kier molecular flexibility index (Phi) is 6.81. The lowest BCUT2D eigenvalue weighted by molar-refractivity contribution is 0.280. The minimum absolute atomic E-state index is 0.0138. The SMILES string of the molecule is CCNC(=NCc1ccccc1CO)N1CCN(c2cc(F)ccc2F)CC1. The topological polar surface area (TPSA) is 51.1 Å². The van der Waals surface area contributed by atoms with Gasteiger partial charge in [0, 0.05) is 38.8 Å². The van der Waals surface area contributed by atoms with Gasteiger partial charge in [-0.05, 0) is 30.2 Å². The normalized spacial score (nSPS) is 15.1. The molecule has 1 aliphatic rings. The van der Waals surface area contributed by atoms with Crippen molar-refractivity contribution >= 4 is 11.6 Å². The second kappa shape index (κ2) is 9.50. The third-order valence-corrected chi connectivity index (χ3v) is 4.85. The molecule has 0 aliphatic carbocycles. The van der Waals surface area contributed by atoms with Crippen LogP contribution in [0.2, 0.25) is 0 Å². The number of rotatable bonds is 5. The molecule has 0 aromatic heterocycles. The van der Waals surface area contributed by atoms with Gasteiger partial charge < -0.3 is 20.2 Å². The van der Waals surface area contributed by atoms with Crippen molar-refractivity contribution in [3.05, 3.63) is 65.2 Å². The number of anilines is 1. The van der Waals surface area contributed by atoms with Gasteiger partial charge in [0.1, 0.15) is 11.6 Å². The fourth-order valence-electron chi connectivity index (χ4n) is 3.34. The van der Waals surface area contributed by atoms with Crippen molar-refractivity contribution in [3.63, 3.8) is 0 Å². The zero-order chi connectivity index (χ0) is 19.9. The highest BCUT2D eigenvalue weighted by Crippen LogP contribution is 2.22. The van der Waals surface area contributed by atoms with Crippen molar-refractivity contribution in [2.24, 2.45) is 4.99 Å². The number of guanidine groups is 1. The first-order valence-electron chi connectivity index (χ1n) is 9.53. The monoisotopic (exact) mass is 388 g/mol. The van der Waals surface area contributed by atoms with Crippen LogP contribution in [0.4, 0.5) is 14.5 Å². The molecule has 2 N–H and O–H groups in total. The van der Waals surface area contributed by atoms with E-state index in [-0.39, 0.29) is 6.61 Å². The summed E-state index contributed by atoms with van der Waals surface area (Å²) in [6, 6.07) is 11.2. The molecule has 28 heavy (non-hydrogen) atoms. The highest BCUT2D eigenvalue weighted by molar-refractivity contribution is 5.80. The van der Waals surface area contributed by atoms with Gasteiger partial charge in [-0.25, -0.2) is 13.8 Å². The number of hydrogen-bond donors (Lipinski definition) is 2. The zero-order valence-corrected chi connectivity index (χ0v) is 16.0. The van der Waals surface area contributed by atoms with Gasteiger partial charge in [-0.3, -0.25) is 0 Å². The molecule has 5 nitrogen and oxygen atoms in total. The average Bonchev–Trinajstić information content (AvgIpc) is 2.73. The molecule has 0 spiro atoms. The summed E-state index contributed by atoms with van der Waals surface area (Å²) in [6.07, 6.45) is 0. The second-order valence-electron chi connectivity index (χ2n) is 6.67. The first-order chi connectivity index (χ1) is 13.6. The minimum Gasteiger partial charge on any atom is -0.392 e. The van der Waals surface area contributed by atoms with Gasteiger partial charge in [-0.1, -0.05) is 24.3 Å². The van der Waals surface area contributed by atoms with Crippen LogP contribution in [0.25, 0.3) is 0 Å². The number of aliphatic hydroxyl groups excluding tert-OH is 1. The number of aliphatic imine (C=N–C) groups is 1. The average molecular weight is 388 g/mol. The highest BCUT2D eigenvalue weighted by Gasteiger charge is 2.22. The lowest BCUT2D eigenvalue weighted by atomic mass is 10.1. The molecular weight excluding hydrogens is 362 g/mol. The van der Waals surface area contributed by atoms with E-state index in [2.05, 4.69) is 10.2 Å². The Bertz CT molecular complexity index is 820. The van der Waals surface area contributed by atoms with Crippen molar-refractivity contribution < 1.29 is 13.9 Å². The van der Waals surface area contributed by atoms with Gasteiger partial charge >= 0.3 is 0 Å². The predicted octanol–water partition coefficient (Wildman–Crippen LogP) is 2.74. The van der Waals surface area contributed by atoms with Gasteiger partial charge in [-0.2, -0.15) is 0 Å². The molecule has 0 atom stereocenters. The maximum atomic E-state index is 14.0. The summed E-state index contributed by atoms with van der Waals surface area (Å²) in [6.45, 7) is 5.68. The van der Waals surface area contributed by atoms with Gasteiger partial charge in [0.2, 0.25) is 0 Å². The van der Waals surface area contributed by atoms with E-state index < -0.39 is 11.6 Å². The van der Waals surface area contributed by atoms with E-state index in [9.17, 15) is 13.9 Å². The van der Waals surface area contributed by atoms with E-state index in [0.29, 0.717) is 38.4 Å². The van der Waals surface area contributed by atoms with Gasteiger partial charge in [-0.15, -0.1) is 0 Å². The van der Waals surface area contributed by atoms with Crippen LogP contribution in [0.5, 0.6) is 0 Å². The number of halogens is 2. The van der Waals surface area contributed by atoms with Crippen LogP contribution in [0.15, 0.2) is 47.5 Å². The Morgan fingerprint density at radius 1 is 1.07 bits per heavy atom. The van der Waals surface area contributed by atoms with E-state index in [0.717, 1.165) is 29.7 Å². The molecule has 0 unspecified atom stereocenters. The predicted molar refractivity (Wildman–Crippen MR) is 107 cm³/mol. The standard InChI is InChI=1S/C21H26F2N4O/c1-2-24-21(25-14-16-5-3-4-6-17(16)15-28)27-11-9-26(10-12-27)20-13-18(22)7-8-19(20)23/h3-8,13,28H,2,9-12,14-15H2,1H3,(H,24,25). The largest absolute Gasteiger partial charge is 0.392 e. The summed E-state index contributed by atoms with van der Waals surface area (Å²) in [5.74, 6) is -0.0538. The summed E-state index contributed by atoms with van der Waals surface area (Å²) in [5.41, 5.74) is 2.16. The minimum atomic E-state index is -0.434. The number of hydrogen-bond acceptors (Lipinski definition) is 3. The fraction of sp³-hybridized carbons (Fsp3) is 0.381. The molecule has 1 fully saturated rings. The van der Waals surface area contributed by atoms with Crippen molar-refractivity contribution in [2.75, 3.05) is 37.6 Å². The van der Waals surface area contributed by atoms with E-state index >= 15 is 0 Å². The summed E-state index contributed by atoms with van der Waals surface area (Å²) < 4.78 is 27.5. The lowest BCUT2D eigenvalue weighted by Gasteiger charge is -2.37. The molecule has 0 radical (unpaired) electrons. The van der Waals surface area contributed by atoms with Crippen LogP contribution >= 0.6 is 0 Å². The van der Waals surface area contributed by atoms with Crippen LogP contribution in [0, 0.1) is 11.6 Å². The molecule has 1 saturated heterocycles. The van der Waals surface area contributed by atoms with E-state index in [1.165, 1.54) is 12.1 Å². The smallest absolute Gasteiger partial charge is 0.194 e. The molecule has 7 heteroatoms. The van der Waals surface area contributed by atoms with Crippen LogP contribution in [-0.4, -0.2) is 48.7 Å². The number of aliphatic hydroxyl groups is 1. The van der Waals surface area contributed by atoms with E-state index in [1.807, 2.05) is 36.1 Å². The Morgan fingerprint density at radius 3 is 2.46 bits per heavy atom. The maximum Gasteiger partial charge on any atom is 0.194 e. The molecule has 0 amide bonds. The Hall–Kier alpha value is -2.67. The van der Waals surface area contributed by atoms with Crippen molar-refractivity contribution in [1.29, 1.82) is 0 Å². The Balaban J connectivity index is 1.68. The summed E-state index contributed by atoms with van der Waals surface area (Å²) >= 11 is 0. The van der Waals surface area contributed by atoms with E-state index in [1.54, 1.807) is 0 Å². The quantitative estimate of drug-likeness (QED) is 0.611. The zero-order valence-electron chi connectivity index (χ0n) is 16.0. The molecule has 0 bridgehead atoms. The van der Waals surface area contributed by atoms with Gasteiger partial charge in [0.05, 0.1) is 18.8 Å². The number of nitrogens with zero attached hydrogens (tertiary/aromatic N) is 3. The van der Waals surface area contributed by atoms with Crippen LogP contribution in [0.1, 0.15) is 18.1 Å². The van der Waals surface area contributed by atoms with Gasteiger partial charge in [0.15, 0.2) is 5.96 Å². The number of piperazine rings is 1. The van der Waals surface area contributed by atoms with Crippen LogP contribution < -0.4 is 10.2 Å². The fourth-order valence-corrected chi connectivity index (χ4v) is 3.34. The van der Waals surface area contributed by atoms with Crippen LogP contribution in [-0.2, 0) is 13.2 Å². The number of benzene rings is 2. The first kappa shape index (κ1) is 20.1. The molecule has 2 aromatic rings. The molecule has 2 aromatic carbocycles. The third-order valence-electron chi connectivity index (χ3n) is 4.85. The molecule has 3 rings (SSSR count). The molecule has 0 saturated carbocycles. The number of nitrogens with one attached hydrogen (secondary N) is 1.